The van der Waals surface area contributed by atoms with Gasteiger partial charge in [0.2, 0.25) is 0 Å². The second-order valence-corrected chi connectivity index (χ2v) is 8.78. The Bertz CT molecular complexity index is 1430. The van der Waals surface area contributed by atoms with Crippen molar-refractivity contribution in [2.45, 2.75) is 16.7 Å². The van der Waals surface area contributed by atoms with Gasteiger partial charge in [-0.15, -0.1) is 0 Å². The van der Waals surface area contributed by atoms with Crippen molar-refractivity contribution in [3.63, 3.8) is 0 Å². The van der Waals surface area contributed by atoms with Gasteiger partial charge in [0.15, 0.2) is 0 Å². The Morgan fingerprint density at radius 3 is 2.17 bits per heavy atom. The zero-order chi connectivity index (χ0) is 20.1. The number of fused-ring (bicyclic) bond motifs is 6. The van der Waals surface area contributed by atoms with Gasteiger partial charge in [-0.1, -0.05) is 84.6 Å². The second-order valence-electron chi connectivity index (χ2n) is 7.69. The van der Waals surface area contributed by atoms with E-state index in [4.69, 9.17) is 4.98 Å². The average molecular weight is 402 g/mol. The van der Waals surface area contributed by atoms with Crippen molar-refractivity contribution in [1.29, 1.82) is 0 Å². The van der Waals surface area contributed by atoms with Crippen molar-refractivity contribution >= 4 is 22.7 Å². The molecule has 30 heavy (non-hydrogen) atoms. The molecule has 0 bridgehead atoms. The fourth-order valence-electron chi connectivity index (χ4n) is 4.31. The van der Waals surface area contributed by atoms with Gasteiger partial charge in [-0.05, 0) is 59.0 Å². The van der Waals surface area contributed by atoms with E-state index >= 15 is 0 Å². The lowest BCUT2D eigenvalue weighted by Crippen LogP contribution is -1.89. The van der Waals surface area contributed by atoms with Crippen LogP contribution in [0.15, 0.2) is 107 Å². The smallest absolute Gasteiger partial charge is 0.0712 e. The van der Waals surface area contributed by atoms with Crippen molar-refractivity contribution in [2.24, 2.45) is 0 Å². The largest absolute Gasteiger partial charge is 0.248 e. The molecule has 1 aromatic heterocycles. The van der Waals surface area contributed by atoms with Gasteiger partial charge in [-0.3, -0.25) is 0 Å². The van der Waals surface area contributed by atoms with E-state index in [1.165, 1.54) is 43.0 Å². The molecule has 1 nitrogen and oxygen atoms in total. The second kappa shape index (κ2) is 6.86. The number of nitrogens with zero attached hydrogens (tertiary/aromatic N) is 1. The first kappa shape index (κ1) is 17.5. The standard InChI is InChI=1S/C28H19NS/c1-18-7-6-11-26-20(18)15-16-25(29-26)19-13-14-24-22-9-3-2-8-21(22)23-10-4-5-12-27(23)30-28(24)17-19/h2-17H,1H3. The molecule has 2 heteroatoms. The summed E-state index contributed by atoms with van der Waals surface area (Å²) in [5.41, 5.74) is 9.65. The maximum Gasteiger partial charge on any atom is 0.0712 e. The van der Waals surface area contributed by atoms with Crippen LogP contribution in [0.25, 0.3) is 44.4 Å². The minimum Gasteiger partial charge on any atom is -0.248 e. The van der Waals surface area contributed by atoms with Crippen LogP contribution in [0.3, 0.4) is 0 Å². The van der Waals surface area contributed by atoms with E-state index in [2.05, 4.69) is 104 Å². The maximum atomic E-state index is 4.96. The zero-order valence-electron chi connectivity index (χ0n) is 16.6. The van der Waals surface area contributed by atoms with Crippen molar-refractivity contribution < 1.29 is 0 Å². The monoisotopic (exact) mass is 401 g/mol. The molecule has 4 aromatic carbocycles. The highest BCUT2D eigenvalue weighted by atomic mass is 32.2. The molecule has 2 heterocycles. The van der Waals surface area contributed by atoms with Crippen molar-refractivity contribution in [2.75, 3.05) is 0 Å². The fraction of sp³-hybridized carbons (Fsp3) is 0.0357. The summed E-state index contributed by atoms with van der Waals surface area (Å²) in [6.07, 6.45) is 0. The number of hydrogen-bond acceptors (Lipinski definition) is 2. The highest BCUT2D eigenvalue weighted by Gasteiger charge is 2.20. The van der Waals surface area contributed by atoms with Crippen LogP contribution in [0.2, 0.25) is 0 Å². The molecule has 0 unspecified atom stereocenters. The molecular weight excluding hydrogens is 382 g/mol. The van der Waals surface area contributed by atoms with E-state index in [1.807, 2.05) is 11.8 Å². The number of hydrogen-bond donors (Lipinski definition) is 0. The van der Waals surface area contributed by atoms with E-state index in [-0.39, 0.29) is 0 Å². The maximum absolute atomic E-state index is 4.96. The van der Waals surface area contributed by atoms with Crippen LogP contribution in [0.4, 0.5) is 0 Å². The van der Waals surface area contributed by atoms with Crippen LogP contribution in [0, 0.1) is 6.92 Å². The number of pyridine rings is 1. The third kappa shape index (κ3) is 2.76. The topological polar surface area (TPSA) is 12.9 Å². The molecule has 6 rings (SSSR count). The molecule has 1 aliphatic rings. The van der Waals surface area contributed by atoms with E-state index in [9.17, 15) is 0 Å². The van der Waals surface area contributed by atoms with Crippen LogP contribution >= 0.6 is 11.8 Å². The lowest BCUT2D eigenvalue weighted by Gasteiger charge is -2.11. The summed E-state index contributed by atoms with van der Waals surface area (Å²) in [5, 5.41) is 1.22. The molecule has 0 atom stereocenters. The summed E-state index contributed by atoms with van der Waals surface area (Å²) in [4.78, 5) is 7.53. The Morgan fingerprint density at radius 1 is 0.600 bits per heavy atom. The minimum atomic E-state index is 1.02. The third-order valence-corrected chi connectivity index (χ3v) is 6.98. The lowest BCUT2D eigenvalue weighted by molar-refractivity contribution is 1.36. The van der Waals surface area contributed by atoms with E-state index in [1.54, 1.807) is 0 Å². The SMILES string of the molecule is Cc1cccc2nc(-c3ccc4c(c3)Sc3ccccc3-c3ccccc3-4)ccc12. The average Bonchev–Trinajstić information content (AvgIpc) is 2.93. The van der Waals surface area contributed by atoms with E-state index < -0.39 is 0 Å². The first-order valence-corrected chi connectivity index (χ1v) is 11.0. The molecule has 0 aliphatic carbocycles. The number of rotatable bonds is 1. The van der Waals surface area contributed by atoms with Gasteiger partial charge in [0.25, 0.3) is 0 Å². The number of aromatic nitrogens is 1. The van der Waals surface area contributed by atoms with Crippen molar-refractivity contribution in [1.82, 2.24) is 4.98 Å². The summed E-state index contributed by atoms with van der Waals surface area (Å²) in [6.45, 7) is 2.14. The van der Waals surface area contributed by atoms with Crippen LogP contribution < -0.4 is 0 Å². The predicted molar refractivity (Wildman–Crippen MR) is 127 cm³/mol. The summed E-state index contributed by atoms with van der Waals surface area (Å²) >= 11 is 1.85. The zero-order valence-corrected chi connectivity index (χ0v) is 17.4. The Hall–Kier alpha value is -3.36. The molecule has 0 saturated carbocycles. The molecule has 1 aliphatic heterocycles. The van der Waals surface area contributed by atoms with Crippen molar-refractivity contribution in [3.8, 4) is 33.5 Å². The summed E-state index contributed by atoms with van der Waals surface area (Å²) in [6, 6.07) is 34.8. The highest BCUT2D eigenvalue weighted by Crippen LogP contribution is 2.48. The third-order valence-electron chi connectivity index (χ3n) is 5.84. The van der Waals surface area contributed by atoms with Gasteiger partial charge in [0, 0.05) is 20.7 Å². The van der Waals surface area contributed by atoms with Gasteiger partial charge in [-0.2, -0.15) is 0 Å². The molecule has 0 radical (unpaired) electrons. The van der Waals surface area contributed by atoms with Gasteiger partial charge in [-0.25, -0.2) is 4.98 Å². The molecular formula is C28H19NS. The van der Waals surface area contributed by atoms with Crippen molar-refractivity contribution in [3.05, 3.63) is 103 Å². The molecule has 142 valence electrons. The molecule has 0 N–H and O–H groups in total. The number of benzene rings is 4. The fourth-order valence-corrected chi connectivity index (χ4v) is 5.45. The lowest BCUT2D eigenvalue weighted by atomic mass is 9.94. The molecule has 0 fully saturated rings. The number of aryl methyl sites for hydroxylation is 1. The quantitative estimate of drug-likeness (QED) is 0.277. The summed E-state index contributed by atoms with van der Waals surface area (Å²) in [7, 11) is 0. The molecule has 0 amide bonds. The van der Waals surface area contributed by atoms with Gasteiger partial charge >= 0.3 is 0 Å². The Balaban J connectivity index is 1.55. The van der Waals surface area contributed by atoms with E-state index in [0.29, 0.717) is 0 Å². The Labute approximate surface area is 180 Å². The normalized spacial score (nSPS) is 12.0. The summed E-state index contributed by atoms with van der Waals surface area (Å²) < 4.78 is 0. The molecule has 5 aromatic rings. The van der Waals surface area contributed by atoms with Crippen LogP contribution in [0.5, 0.6) is 0 Å². The van der Waals surface area contributed by atoms with Crippen LogP contribution in [0.1, 0.15) is 5.56 Å². The highest BCUT2D eigenvalue weighted by molar-refractivity contribution is 7.99. The summed E-state index contributed by atoms with van der Waals surface area (Å²) in [5.74, 6) is 0. The molecule has 0 saturated heterocycles. The first-order chi connectivity index (χ1) is 14.8. The van der Waals surface area contributed by atoms with E-state index in [0.717, 1.165) is 16.8 Å². The Morgan fingerprint density at radius 2 is 1.33 bits per heavy atom. The van der Waals surface area contributed by atoms with Crippen LogP contribution in [-0.4, -0.2) is 4.98 Å². The Kier molecular flexibility index (Phi) is 4.00. The van der Waals surface area contributed by atoms with Gasteiger partial charge in [0.05, 0.1) is 11.2 Å². The minimum absolute atomic E-state index is 1.02. The van der Waals surface area contributed by atoms with Gasteiger partial charge < -0.3 is 0 Å². The predicted octanol–water partition coefficient (Wildman–Crippen LogP) is 8.01. The van der Waals surface area contributed by atoms with Gasteiger partial charge in [0.1, 0.15) is 0 Å². The van der Waals surface area contributed by atoms with Crippen LogP contribution in [-0.2, 0) is 0 Å². The molecule has 0 spiro atoms. The first-order valence-electron chi connectivity index (χ1n) is 10.2.